The molecule has 3 aromatic rings. The number of anilines is 4. The lowest BCUT2D eigenvalue weighted by Gasteiger charge is -2.14. The summed E-state index contributed by atoms with van der Waals surface area (Å²) in [5, 5.41) is 3.73. The minimum Gasteiger partial charge on any atom is -0.393 e. The predicted molar refractivity (Wildman–Crippen MR) is 108 cm³/mol. The van der Waals surface area contributed by atoms with Crippen molar-refractivity contribution in [2.24, 2.45) is 0 Å². The zero-order valence-electron chi connectivity index (χ0n) is 14.9. The number of benzene rings is 2. The standard InChI is InChI=1S/C19H19ClN6O/c1-11-5-3-4-6-14(11)19(27)26-25-18-16(21)17(22-10-23-18)24-15-9-13(20)8-7-12(15)2/h3-10H,21H2,1-2H3,(H,26,27)(H2,22,23,24,25). The molecule has 8 heteroatoms. The second kappa shape index (κ2) is 7.92. The number of aromatic nitrogens is 2. The van der Waals surface area contributed by atoms with Gasteiger partial charge in [0.15, 0.2) is 11.6 Å². The fraction of sp³-hybridized carbons (Fsp3) is 0.105. The van der Waals surface area contributed by atoms with Crippen LogP contribution in [0, 0.1) is 13.8 Å². The molecular formula is C19H19ClN6O. The van der Waals surface area contributed by atoms with E-state index in [0.717, 1.165) is 16.8 Å². The number of amides is 1. The number of nitrogen functional groups attached to an aromatic ring is 1. The number of nitrogens with zero attached hydrogens (tertiary/aromatic N) is 2. The van der Waals surface area contributed by atoms with Crippen LogP contribution in [0.4, 0.5) is 23.0 Å². The van der Waals surface area contributed by atoms with E-state index in [4.69, 9.17) is 17.3 Å². The first-order chi connectivity index (χ1) is 13.0. The molecule has 0 radical (unpaired) electrons. The number of aryl methyl sites for hydroxylation is 2. The Kier molecular flexibility index (Phi) is 5.42. The maximum absolute atomic E-state index is 12.3. The zero-order valence-corrected chi connectivity index (χ0v) is 15.6. The summed E-state index contributed by atoms with van der Waals surface area (Å²) in [6, 6.07) is 12.8. The summed E-state index contributed by atoms with van der Waals surface area (Å²) < 4.78 is 0. The van der Waals surface area contributed by atoms with Crippen LogP contribution in [0.1, 0.15) is 21.5 Å². The molecule has 27 heavy (non-hydrogen) atoms. The molecule has 5 N–H and O–H groups in total. The van der Waals surface area contributed by atoms with Gasteiger partial charge in [0.2, 0.25) is 0 Å². The molecule has 0 unspecified atom stereocenters. The van der Waals surface area contributed by atoms with Gasteiger partial charge in [-0.2, -0.15) is 0 Å². The van der Waals surface area contributed by atoms with Gasteiger partial charge in [-0.15, -0.1) is 0 Å². The normalized spacial score (nSPS) is 10.3. The molecule has 1 amide bonds. The van der Waals surface area contributed by atoms with E-state index in [-0.39, 0.29) is 17.4 Å². The lowest BCUT2D eigenvalue weighted by molar-refractivity contribution is 0.0962. The highest BCUT2D eigenvalue weighted by molar-refractivity contribution is 6.30. The van der Waals surface area contributed by atoms with Crippen molar-refractivity contribution in [2.45, 2.75) is 13.8 Å². The van der Waals surface area contributed by atoms with Crippen molar-refractivity contribution in [3.05, 3.63) is 70.5 Å². The van der Waals surface area contributed by atoms with Gasteiger partial charge in [0, 0.05) is 16.3 Å². The van der Waals surface area contributed by atoms with Gasteiger partial charge >= 0.3 is 0 Å². The van der Waals surface area contributed by atoms with Crippen LogP contribution in [-0.2, 0) is 0 Å². The molecule has 0 atom stereocenters. The van der Waals surface area contributed by atoms with Crippen LogP contribution < -0.4 is 21.9 Å². The number of nitrogens with two attached hydrogens (primary N) is 1. The molecule has 7 nitrogen and oxygen atoms in total. The Morgan fingerprint density at radius 3 is 2.56 bits per heavy atom. The summed E-state index contributed by atoms with van der Waals surface area (Å²) in [4.78, 5) is 20.6. The highest BCUT2D eigenvalue weighted by Crippen LogP contribution is 2.28. The molecule has 0 aliphatic heterocycles. The van der Waals surface area contributed by atoms with Crippen molar-refractivity contribution in [2.75, 3.05) is 16.5 Å². The van der Waals surface area contributed by atoms with E-state index in [1.807, 2.05) is 32.0 Å². The summed E-state index contributed by atoms with van der Waals surface area (Å²) in [6.45, 7) is 3.81. The second-order valence-electron chi connectivity index (χ2n) is 5.96. The van der Waals surface area contributed by atoms with E-state index in [0.29, 0.717) is 16.4 Å². The molecule has 1 aromatic heterocycles. The average Bonchev–Trinajstić information content (AvgIpc) is 2.65. The van der Waals surface area contributed by atoms with Crippen LogP contribution >= 0.6 is 11.6 Å². The van der Waals surface area contributed by atoms with E-state index < -0.39 is 0 Å². The number of nitrogens with one attached hydrogen (secondary N) is 3. The monoisotopic (exact) mass is 382 g/mol. The third kappa shape index (κ3) is 4.27. The molecule has 3 rings (SSSR count). The number of hydrazine groups is 1. The van der Waals surface area contributed by atoms with Gasteiger partial charge in [-0.05, 0) is 43.2 Å². The highest BCUT2D eigenvalue weighted by atomic mass is 35.5. The average molecular weight is 383 g/mol. The van der Waals surface area contributed by atoms with Crippen LogP contribution in [0.25, 0.3) is 0 Å². The Morgan fingerprint density at radius 2 is 1.78 bits per heavy atom. The minimum absolute atomic E-state index is 0.266. The maximum atomic E-state index is 12.3. The van der Waals surface area contributed by atoms with Gasteiger partial charge in [-0.1, -0.05) is 35.9 Å². The Hall–Kier alpha value is -3.32. The van der Waals surface area contributed by atoms with Gasteiger partial charge < -0.3 is 11.1 Å². The van der Waals surface area contributed by atoms with E-state index in [2.05, 4.69) is 26.1 Å². The quantitative estimate of drug-likeness (QED) is 0.500. The van der Waals surface area contributed by atoms with E-state index in [1.54, 1.807) is 24.3 Å². The van der Waals surface area contributed by atoms with Crippen LogP contribution in [-0.4, -0.2) is 15.9 Å². The first kappa shape index (κ1) is 18.5. The topological polar surface area (TPSA) is 105 Å². The van der Waals surface area contributed by atoms with Crippen molar-refractivity contribution in [1.29, 1.82) is 0 Å². The first-order valence-electron chi connectivity index (χ1n) is 8.21. The molecule has 2 aromatic carbocycles. The zero-order chi connectivity index (χ0) is 19.4. The highest BCUT2D eigenvalue weighted by Gasteiger charge is 2.12. The number of rotatable bonds is 5. The third-order valence-electron chi connectivity index (χ3n) is 4.02. The summed E-state index contributed by atoms with van der Waals surface area (Å²) in [6.07, 6.45) is 1.35. The number of halogens is 1. The lowest BCUT2D eigenvalue weighted by Crippen LogP contribution is -2.30. The largest absolute Gasteiger partial charge is 0.393 e. The van der Waals surface area contributed by atoms with Gasteiger partial charge in [0.25, 0.3) is 5.91 Å². The third-order valence-corrected chi connectivity index (χ3v) is 4.26. The van der Waals surface area contributed by atoms with Gasteiger partial charge in [0.1, 0.15) is 12.0 Å². The maximum Gasteiger partial charge on any atom is 0.269 e. The van der Waals surface area contributed by atoms with Gasteiger partial charge in [-0.3, -0.25) is 15.6 Å². The smallest absolute Gasteiger partial charge is 0.269 e. The Balaban J connectivity index is 1.76. The van der Waals surface area contributed by atoms with Crippen LogP contribution in [0.15, 0.2) is 48.8 Å². The number of hydrogen-bond donors (Lipinski definition) is 4. The molecule has 0 saturated carbocycles. The number of hydrogen-bond acceptors (Lipinski definition) is 6. The Labute approximate surface area is 162 Å². The van der Waals surface area contributed by atoms with Crippen molar-refractivity contribution in [3.63, 3.8) is 0 Å². The van der Waals surface area contributed by atoms with Crippen molar-refractivity contribution < 1.29 is 4.79 Å². The minimum atomic E-state index is -0.286. The molecule has 0 aliphatic rings. The van der Waals surface area contributed by atoms with Crippen molar-refractivity contribution in [1.82, 2.24) is 15.4 Å². The van der Waals surface area contributed by atoms with Crippen molar-refractivity contribution >= 4 is 40.5 Å². The molecule has 0 spiro atoms. The van der Waals surface area contributed by atoms with E-state index >= 15 is 0 Å². The fourth-order valence-corrected chi connectivity index (χ4v) is 2.63. The summed E-state index contributed by atoms with van der Waals surface area (Å²) in [5.74, 6) is 0.406. The fourth-order valence-electron chi connectivity index (χ4n) is 2.46. The second-order valence-corrected chi connectivity index (χ2v) is 6.40. The predicted octanol–water partition coefficient (Wildman–Crippen LogP) is 3.83. The van der Waals surface area contributed by atoms with E-state index in [9.17, 15) is 4.79 Å². The molecule has 1 heterocycles. The lowest BCUT2D eigenvalue weighted by atomic mass is 10.1. The molecule has 0 saturated heterocycles. The number of carbonyl (C=O) groups is 1. The van der Waals surface area contributed by atoms with Crippen LogP contribution in [0.3, 0.4) is 0 Å². The molecule has 0 aliphatic carbocycles. The summed E-state index contributed by atoms with van der Waals surface area (Å²) in [7, 11) is 0. The van der Waals surface area contributed by atoms with Gasteiger partial charge in [0.05, 0.1) is 0 Å². The van der Waals surface area contributed by atoms with Crippen LogP contribution in [0.2, 0.25) is 5.02 Å². The Morgan fingerprint density at radius 1 is 1.04 bits per heavy atom. The SMILES string of the molecule is Cc1ccc(Cl)cc1Nc1ncnc(NNC(=O)c2ccccc2C)c1N. The first-order valence-corrected chi connectivity index (χ1v) is 8.59. The number of carbonyl (C=O) groups excluding carboxylic acids is 1. The Bertz CT molecular complexity index is 992. The van der Waals surface area contributed by atoms with Crippen molar-refractivity contribution in [3.8, 4) is 0 Å². The molecular weight excluding hydrogens is 364 g/mol. The van der Waals surface area contributed by atoms with Crippen LogP contribution in [0.5, 0.6) is 0 Å². The van der Waals surface area contributed by atoms with Gasteiger partial charge in [-0.25, -0.2) is 9.97 Å². The van der Waals surface area contributed by atoms with E-state index in [1.165, 1.54) is 6.33 Å². The summed E-state index contributed by atoms with van der Waals surface area (Å²) in [5.41, 5.74) is 14.9. The molecule has 0 fully saturated rings. The summed E-state index contributed by atoms with van der Waals surface area (Å²) >= 11 is 6.05. The molecule has 138 valence electrons. The molecule has 0 bridgehead atoms.